The molecule has 0 radical (unpaired) electrons. The molecular weight excluding hydrogens is 553 g/mol. The van der Waals surface area contributed by atoms with Crippen molar-refractivity contribution in [3.05, 3.63) is 58.0 Å². The van der Waals surface area contributed by atoms with Gasteiger partial charge >= 0.3 is 0 Å². The van der Waals surface area contributed by atoms with Gasteiger partial charge in [0.05, 0.1) is 46.5 Å². The Hall–Kier alpha value is -3.62. The molecular formula is C28H29Cl2N7O3. The number of nitrogens with one attached hydrogen (secondary N) is 1. The smallest absolute Gasteiger partial charge is 0.162 e. The van der Waals surface area contributed by atoms with E-state index in [1.165, 1.54) is 12.4 Å². The van der Waals surface area contributed by atoms with Crippen molar-refractivity contribution < 1.29 is 14.2 Å². The average molecular weight is 582 g/mol. The van der Waals surface area contributed by atoms with Crippen LogP contribution in [0.15, 0.2) is 36.8 Å². The summed E-state index contributed by atoms with van der Waals surface area (Å²) in [6.45, 7) is 7.35. The molecule has 4 aromatic rings. The number of nitrogens with zero attached hydrogens (tertiary/aromatic N) is 5. The van der Waals surface area contributed by atoms with E-state index in [1.807, 2.05) is 31.7 Å². The Morgan fingerprint density at radius 1 is 1.12 bits per heavy atom. The molecule has 0 unspecified atom stereocenters. The van der Waals surface area contributed by atoms with E-state index in [0.29, 0.717) is 69.4 Å². The van der Waals surface area contributed by atoms with E-state index in [0.717, 1.165) is 10.9 Å². The highest BCUT2D eigenvalue weighted by Crippen LogP contribution is 2.40. The lowest BCUT2D eigenvalue weighted by molar-refractivity contribution is 0.0308. The minimum Gasteiger partial charge on any atom is -0.493 e. The van der Waals surface area contributed by atoms with Gasteiger partial charge in [-0.2, -0.15) is 10.4 Å². The maximum absolute atomic E-state index is 9.93. The van der Waals surface area contributed by atoms with Gasteiger partial charge in [-0.25, -0.2) is 4.98 Å². The molecule has 1 fully saturated rings. The zero-order valence-electron chi connectivity index (χ0n) is 22.5. The number of nitriles is 1. The number of aromatic amines is 1. The number of fused-ring (bicyclic) bond motifs is 1. The van der Waals surface area contributed by atoms with E-state index < -0.39 is 11.6 Å². The normalized spacial score (nSPS) is 15.1. The van der Waals surface area contributed by atoms with E-state index in [2.05, 4.69) is 26.2 Å². The molecule has 4 heterocycles. The quantitative estimate of drug-likeness (QED) is 0.270. The Balaban J connectivity index is 1.44. The number of hydrogen-bond acceptors (Lipinski definition) is 9. The standard InChI is InChI=1S/C28H29Cl2N7O3/c1-15(2)39-14-28(32)12-37(13-28)27-17(8-31)5-18(9-34-27)26-19-6-24(23(38-4)7-22(19)35-36-26)40-16(3)25-20(29)10-33-11-21(25)30/h5-7,9-11,15-16H,12-14,32H2,1-4H3,(H,35,36)/t16-/m1/s1. The minimum absolute atomic E-state index is 0.102. The molecule has 0 saturated carbocycles. The van der Waals surface area contributed by atoms with Crippen molar-refractivity contribution in [2.45, 2.75) is 38.5 Å². The third-order valence-corrected chi connectivity index (χ3v) is 7.33. The predicted octanol–water partition coefficient (Wildman–Crippen LogP) is 5.29. The first kappa shape index (κ1) is 27.9. The second kappa shape index (κ2) is 11.1. The molecule has 0 amide bonds. The number of benzene rings is 1. The van der Waals surface area contributed by atoms with Crippen LogP contribution in [-0.4, -0.2) is 58.6 Å². The fourth-order valence-corrected chi connectivity index (χ4v) is 5.44. The highest BCUT2D eigenvalue weighted by atomic mass is 35.5. The Morgan fingerprint density at radius 2 is 1.85 bits per heavy atom. The molecule has 1 aliphatic rings. The molecule has 1 atom stereocenters. The van der Waals surface area contributed by atoms with Crippen molar-refractivity contribution >= 4 is 39.9 Å². The first-order valence-electron chi connectivity index (χ1n) is 12.7. The zero-order chi connectivity index (χ0) is 28.6. The van der Waals surface area contributed by atoms with Gasteiger partial charge in [0.15, 0.2) is 11.5 Å². The monoisotopic (exact) mass is 581 g/mol. The minimum atomic E-state index is -0.493. The molecule has 5 rings (SSSR count). The van der Waals surface area contributed by atoms with E-state index >= 15 is 0 Å². The summed E-state index contributed by atoms with van der Waals surface area (Å²) in [7, 11) is 1.56. The summed E-state index contributed by atoms with van der Waals surface area (Å²) in [4.78, 5) is 10.6. The lowest BCUT2D eigenvalue weighted by atomic mass is 9.91. The first-order chi connectivity index (χ1) is 19.1. The molecule has 1 saturated heterocycles. The summed E-state index contributed by atoms with van der Waals surface area (Å²) >= 11 is 12.7. The average Bonchev–Trinajstić information content (AvgIpc) is 3.32. The fraction of sp³-hybridized carbons (Fsp3) is 0.357. The summed E-state index contributed by atoms with van der Waals surface area (Å²) in [5.41, 5.74) is 9.05. The Labute approximate surface area is 242 Å². The Morgan fingerprint density at radius 3 is 2.50 bits per heavy atom. The van der Waals surface area contributed by atoms with E-state index in [-0.39, 0.29) is 6.10 Å². The van der Waals surface area contributed by atoms with Crippen molar-refractivity contribution in [3.8, 4) is 28.8 Å². The number of nitrogens with two attached hydrogens (primary N) is 1. The SMILES string of the molecule is COc1cc2[nH]nc(-c3cnc(N4CC(N)(COC(C)C)C4)c(C#N)c3)c2cc1O[C@H](C)c1c(Cl)cncc1Cl. The number of methoxy groups -OCH3 is 1. The maximum atomic E-state index is 9.93. The fourth-order valence-electron chi connectivity index (χ4n) is 4.76. The number of aromatic nitrogens is 4. The van der Waals surface area contributed by atoms with Crippen LogP contribution >= 0.6 is 23.2 Å². The van der Waals surface area contributed by atoms with Crippen LogP contribution in [0.1, 0.15) is 38.0 Å². The maximum Gasteiger partial charge on any atom is 0.162 e. The van der Waals surface area contributed by atoms with Gasteiger partial charge in [0.2, 0.25) is 0 Å². The van der Waals surface area contributed by atoms with Crippen LogP contribution in [0.25, 0.3) is 22.2 Å². The van der Waals surface area contributed by atoms with Crippen LogP contribution in [0.4, 0.5) is 5.82 Å². The van der Waals surface area contributed by atoms with E-state index in [9.17, 15) is 5.26 Å². The molecule has 0 aliphatic carbocycles. The van der Waals surface area contributed by atoms with Crippen LogP contribution in [0, 0.1) is 11.3 Å². The first-order valence-corrected chi connectivity index (χ1v) is 13.5. The van der Waals surface area contributed by atoms with Crippen LogP contribution in [0.5, 0.6) is 11.5 Å². The van der Waals surface area contributed by atoms with E-state index in [1.54, 1.807) is 25.4 Å². The van der Waals surface area contributed by atoms with Crippen molar-refractivity contribution in [3.63, 3.8) is 0 Å². The number of halogens is 2. The number of hydrogen-bond donors (Lipinski definition) is 2. The molecule has 10 nitrogen and oxygen atoms in total. The second-order valence-electron chi connectivity index (χ2n) is 10.2. The van der Waals surface area contributed by atoms with Gasteiger partial charge in [0, 0.05) is 54.3 Å². The van der Waals surface area contributed by atoms with Crippen molar-refractivity contribution in [1.29, 1.82) is 5.26 Å². The summed E-state index contributed by atoms with van der Waals surface area (Å²) < 4.78 is 17.5. The predicted molar refractivity (Wildman–Crippen MR) is 154 cm³/mol. The molecule has 3 N–H and O–H groups in total. The summed E-state index contributed by atoms with van der Waals surface area (Å²) in [5.74, 6) is 1.57. The van der Waals surface area contributed by atoms with Gasteiger partial charge < -0.3 is 24.8 Å². The largest absolute Gasteiger partial charge is 0.493 e. The number of ether oxygens (including phenoxy) is 3. The van der Waals surface area contributed by atoms with Crippen LogP contribution < -0.4 is 20.1 Å². The summed E-state index contributed by atoms with van der Waals surface area (Å²) in [6.07, 6.45) is 4.36. The van der Waals surface area contributed by atoms with Gasteiger partial charge in [-0.1, -0.05) is 23.2 Å². The molecule has 1 aliphatic heterocycles. The summed E-state index contributed by atoms with van der Waals surface area (Å²) in [5, 5.41) is 19.0. The van der Waals surface area contributed by atoms with Crippen LogP contribution in [0.3, 0.4) is 0 Å². The number of pyridine rings is 2. The third kappa shape index (κ3) is 5.38. The molecule has 208 valence electrons. The molecule has 0 spiro atoms. The zero-order valence-corrected chi connectivity index (χ0v) is 24.0. The Kier molecular flexibility index (Phi) is 7.75. The van der Waals surface area contributed by atoms with Crippen molar-refractivity contribution in [1.82, 2.24) is 20.2 Å². The van der Waals surface area contributed by atoms with Gasteiger partial charge in [0.25, 0.3) is 0 Å². The van der Waals surface area contributed by atoms with Gasteiger partial charge in [-0.05, 0) is 32.9 Å². The highest BCUT2D eigenvalue weighted by Gasteiger charge is 2.41. The molecule has 3 aromatic heterocycles. The second-order valence-corrected chi connectivity index (χ2v) is 11.0. The lowest BCUT2D eigenvalue weighted by Gasteiger charge is -2.48. The van der Waals surface area contributed by atoms with Crippen LogP contribution in [-0.2, 0) is 4.74 Å². The van der Waals surface area contributed by atoms with E-state index in [4.69, 9.17) is 43.1 Å². The van der Waals surface area contributed by atoms with Gasteiger partial charge in [0.1, 0.15) is 23.7 Å². The number of H-pyrrole nitrogens is 1. The summed E-state index contributed by atoms with van der Waals surface area (Å²) in [6, 6.07) is 7.68. The molecule has 1 aromatic carbocycles. The van der Waals surface area contributed by atoms with Crippen molar-refractivity contribution in [2.75, 3.05) is 31.7 Å². The lowest BCUT2D eigenvalue weighted by Crippen LogP contribution is -2.70. The molecule has 40 heavy (non-hydrogen) atoms. The highest BCUT2D eigenvalue weighted by molar-refractivity contribution is 6.35. The topological polar surface area (TPSA) is 135 Å². The van der Waals surface area contributed by atoms with Crippen molar-refractivity contribution in [2.24, 2.45) is 5.73 Å². The van der Waals surface area contributed by atoms with Gasteiger partial charge in [-0.15, -0.1) is 0 Å². The number of rotatable bonds is 9. The molecule has 12 heteroatoms. The third-order valence-electron chi connectivity index (χ3n) is 6.72. The van der Waals surface area contributed by atoms with Crippen LogP contribution in [0.2, 0.25) is 10.0 Å². The molecule has 0 bridgehead atoms. The van der Waals surface area contributed by atoms with Gasteiger partial charge in [-0.3, -0.25) is 10.1 Å². The Bertz CT molecular complexity index is 1570. The number of anilines is 1.